The van der Waals surface area contributed by atoms with Gasteiger partial charge in [-0.2, -0.15) is 15.0 Å². The van der Waals surface area contributed by atoms with Crippen molar-refractivity contribution >= 4 is 17.8 Å². The molecule has 12 heteroatoms. The Morgan fingerprint density at radius 2 is 1.08 bits per heavy atom. The number of ether oxygens (including phenoxy) is 4. The van der Waals surface area contributed by atoms with E-state index in [2.05, 4.69) is 35.7 Å². The summed E-state index contributed by atoms with van der Waals surface area (Å²) in [4.78, 5) is 18.8. The van der Waals surface area contributed by atoms with E-state index in [4.69, 9.17) is 18.9 Å². The monoisotopic (exact) mass is 516 g/mol. The van der Waals surface area contributed by atoms with Crippen LogP contribution in [-0.4, -0.2) is 92.5 Å². The summed E-state index contributed by atoms with van der Waals surface area (Å²) in [6.07, 6.45) is 4.84. The van der Waals surface area contributed by atoms with E-state index in [9.17, 15) is 10.2 Å². The molecular weight excluding hydrogens is 468 g/mol. The average Bonchev–Trinajstić information content (AvgIpc) is 2.89. The highest BCUT2D eigenvalue weighted by molar-refractivity contribution is 5.46. The molecule has 2 N–H and O–H groups in total. The zero-order chi connectivity index (χ0) is 26.8. The van der Waals surface area contributed by atoms with Gasteiger partial charge in [-0.1, -0.05) is 40.0 Å². The maximum Gasteiger partial charge on any atom is 0.235 e. The number of anilines is 3. The third-order valence-electron chi connectivity index (χ3n) is 5.46. The maximum absolute atomic E-state index is 10.9. The molecule has 12 nitrogen and oxygen atoms in total. The molecule has 0 fully saturated rings. The minimum absolute atomic E-state index is 0.0771. The van der Waals surface area contributed by atoms with Gasteiger partial charge in [0.2, 0.25) is 17.8 Å². The number of aliphatic hydroxyl groups is 2. The van der Waals surface area contributed by atoms with Crippen LogP contribution in [0.1, 0.15) is 72.1 Å². The van der Waals surface area contributed by atoms with E-state index < -0.39 is 12.5 Å². The molecule has 0 aromatic carbocycles. The molecule has 1 heterocycles. The van der Waals surface area contributed by atoms with Crippen molar-refractivity contribution in [3.63, 3.8) is 0 Å². The van der Waals surface area contributed by atoms with Crippen LogP contribution in [0.2, 0.25) is 0 Å². The summed E-state index contributed by atoms with van der Waals surface area (Å²) >= 11 is 0. The lowest BCUT2D eigenvalue weighted by molar-refractivity contribution is 0.0981. The van der Waals surface area contributed by atoms with Crippen molar-refractivity contribution in [2.75, 3.05) is 69.6 Å². The highest BCUT2D eigenvalue weighted by Gasteiger charge is 2.26. The second-order valence-electron chi connectivity index (χ2n) is 8.60. The normalized spacial score (nSPS) is 13.0. The van der Waals surface area contributed by atoms with Crippen molar-refractivity contribution in [2.24, 2.45) is 0 Å². The van der Waals surface area contributed by atoms with Crippen molar-refractivity contribution < 1.29 is 29.2 Å². The number of unbranched alkanes of at least 4 members (excludes halogenated alkanes) is 3. The molecule has 1 rings (SSSR count). The van der Waals surface area contributed by atoms with Gasteiger partial charge in [-0.15, -0.1) is 0 Å². The molecule has 0 amide bonds. The molecule has 210 valence electrons. The van der Waals surface area contributed by atoms with Crippen LogP contribution in [0.3, 0.4) is 0 Å². The third-order valence-corrected chi connectivity index (χ3v) is 5.46. The summed E-state index contributed by atoms with van der Waals surface area (Å²) in [6, 6.07) is 0. The second-order valence-corrected chi connectivity index (χ2v) is 8.60. The minimum Gasteiger partial charge on any atom is -0.373 e. The predicted molar refractivity (Wildman–Crippen MR) is 140 cm³/mol. The number of hydrogen-bond donors (Lipinski definition) is 2. The molecule has 0 bridgehead atoms. The molecule has 0 aliphatic rings. The molecular formula is C24H48N6O6. The van der Waals surface area contributed by atoms with E-state index in [0.29, 0.717) is 25.4 Å². The van der Waals surface area contributed by atoms with Gasteiger partial charge in [-0.3, -0.25) is 14.7 Å². The molecule has 2 unspecified atom stereocenters. The van der Waals surface area contributed by atoms with Gasteiger partial charge in [0.15, 0.2) is 0 Å². The summed E-state index contributed by atoms with van der Waals surface area (Å²) in [5.74, 6) is 0.735. The quantitative estimate of drug-likeness (QED) is 0.174. The van der Waals surface area contributed by atoms with Crippen LogP contribution in [0.15, 0.2) is 0 Å². The van der Waals surface area contributed by atoms with Gasteiger partial charge in [-0.25, -0.2) is 0 Å². The van der Waals surface area contributed by atoms with E-state index in [0.717, 1.165) is 38.5 Å². The lowest BCUT2D eigenvalue weighted by Crippen LogP contribution is -2.42. The lowest BCUT2D eigenvalue weighted by Gasteiger charge is -2.32. The van der Waals surface area contributed by atoms with Crippen LogP contribution in [0.25, 0.3) is 0 Å². The SMILES string of the molecule is CCCCOCN(COC)c1nc(N(COC)C(O)CCCC)nc(N(COC)C(O)CCCC)n1. The molecule has 0 aliphatic heterocycles. The van der Waals surface area contributed by atoms with Crippen LogP contribution in [0.5, 0.6) is 0 Å². The van der Waals surface area contributed by atoms with Gasteiger partial charge >= 0.3 is 0 Å². The van der Waals surface area contributed by atoms with Crippen molar-refractivity contribution in [1.29, 1.82) is 0 Å². The summed E-state index contributed by atoms with van der Waals surface area (Å²) in [7, 11) is 4.68. The summed E-state index contributed by atoms with van der Waals surface area (Å²) < 4.78 is 21.9. The predicted octanol–water partition coefficient (Wildman–Crippen LogP) is 2.89. The Kier molecular flexibility index (Phi) is 17.3. The molecule has 1 aromatic rings. The van der Waals surface area contributed by atoms with Crippen LogP contribution < -0.4 is 14.7 Å². The zero-order valence-corrected chi connectivity index (χ0v) is 23.1. The average molecular weight is 517 g/mol. The smallest absolute Gasteiger partial charge is 0.235 e. The van der Waals surface area contributed by atoms with E-state index in [1.165, 1.54) is 0 Å². The Labute approximate surface area is 216 Å². The molecule has 0 aliphatic carbocycles. The van der Waals surface area contributed by atoms with Crippen molar-refractivity contribution in [2.45, 2.75) is 84.6 Å². The Balaban J connectivity index is 3.51. The molecule has 0 spiro atoms. The summed E-state index contributed by atoms with van der Waals surface area (Å²) in [5.41, 5.74) is 0. The van der Waals surface area contributed by atoms with Gasteiger partial charge in [0.25, 0.3) is 0 Å². The summed E-state index contributed by atoms with van der Waals surface area (Å²) in [5, 5.41) is 21.8. The van der Waals surface area contributed by atoms with Gasteiger partial charge in [0.05, 0.1) is 0 Å². The third kappa shape index (κ3) is 11.1. The van der Waals surface area contributed by atoms with Crippen LogP contribution >= 0.6 is 0 Å². The largest absolute Gasteiger partial charge is 0.373 e. The number of hydrogen-bond acceptors (Lipinski definition) is 12. The fourth-order valence-electron chi connectivity index (χ4n) is 3.39. The van der Waals surface area contributed by atoms with Crippen molar-refractivity contribution in [3.8, 4) is 0 Å². The number of aromatic nitrogens is 3. The van der Waals surface area contributed by atoms with E-state index in [-0.39, 0.29) is 38.8 Å². The lowest BCUT2D eigenvalue weighted by atomic mass is 10.2. The Hall–Kier alpha value is -1.83. The first-order valence-electron chi connectivity index (χ1n) is 12.9. The number of rotatable bonds is 22. The topological polar surface area (TPSA) is 126 Å². The van der Waals surface area contributed by atoms with Gasteiger partial charge < -0.3 is 29.2 Å². The molecule has 0 saturated heterocycles. The van der Waals surface area contributed by atoms with Gasteiger partial charge in [-0.05, 0) is 32.1 Å². The fraction of sp³-hybridized carbons (Fsp3) is 0.875. The van der Waals surface area contributed by atoms with E-state index >= 15 is 0 Å². The van der Waals surface area contributed by atoms with Crippen LogP contribution in [0.4, 0.5) is 17.8 Å². The minimum atomic E-state index is -0.856. The standard InChI is InChI=1S/C24H48N6O6/c1-7-10-13-20(31)29(18-34-5)23-25-22(28(16-33-4)17-36-15-12-9-3)26-24(27-23)30(19-35-6)21(32)14-11-8-2/h20-21,31-32H,7-19H2,1-6H3. The Morgan fingerprint density at radius 1 is 0.639 bits per heavy atom. The van der Waals surface area contributed by atoms with Gasteiger partial charge in [0, 0.05) is 27.9 Å². The molecule has 2 atom stereocenters. The summed E-state index contributed by atoms with van der Waals surface area (Å²) in [6.45, 7) is 7.37. The number of nitrogens with zero attached hydrogens (tertiary/aromatic N) is 6. The first-order valence-corrected chi connectivity index (χ1v) is 12.9. The van der Waals surface area contributed by atoms with Crippen molar-refractivity contribution in [3.05, 3.63) is 0 Å². The van der Waals surface area contributed by atoms with E-state index in [1.807, 2.05) is 0 Å². The maximum atomic E-state index is 10.9. The molecule has 36 heavy (non-hydrogen) atoms. The highest BCUT2D eigenvalue weighted by Crippen LogP contribution is 2.24. The Bertz CT molecular complexity index is 646. The van der Waals surface area contributed by atoms with E-state index in [1.54, 1.807) is 36.0 Å². The number of aliphatic hydroxyl groups excluding tert-OH is 2. The fourth-order valence-corrected chi connectivity index (χ4v) is 3.39. The molecule has 0 radical (unpaired) electrons. The highest BCUT2D eigenvalue weighted by atomic mass is 16.5. The second kappa shape index (κ2) is 19.3. The first kappa shape index (κ1) is 32.2. The van der Waals surface area contributed by atoms with Crippen molar-refractivity contribution in [1.82, 2.24) is 15.0 Å². The van der Waals surface area contributed by atoms with Crippen LogP contribution in [-0.2, 0) is 18.9 Å². The van der Waals surface area contributed by atoms with Gasteiger partial charge in [0.1, 0.15) is 39.4 Å². The first-order chi connectivity index (χ1) is 17.5. The van der Waals surface area contributed by atoms with Crippen LogP contribution in [0, 0.1) is 0 Å². The zero-order valence-electron chi connectivity index (χ0n) is 23.1. The molecule has 1 aromatic heterocycles. The number of methoxy groups -OCH3 is 3. The molecule has 0 saturated carbocycles. The Morgan fingerprint density at radius 3 is 1.50 bits per heavy atom.